The molecular weight excluding hydrogens is 404 g/mol. The molecule has 2 N–H and O–H groups in total. The second kappa shape index (κ2) is 8.58. The molecule has 0 saturated heterocycles. The van der Waals surface area contributed by atoms with Gasteiger partial charge in [0.05, 0.1) is 31.6 Å². The van der Waals surface area contributed by atoms with Gasteiger partial charge in [0, 0.05) is 28.7 Å². The molecule has 0 spiro atoms. The smallest absolute Gasteiger partial charge is 0.251 e. The molecule has 6 nitrogen and oxygen atoms in total. The second-order valence-corrected chi connectivity index (χ2v) is 8.97. The van der Waals surface area contributed by atoms with Crippen LogP contribution in [0.3, 0.4) is 0 Å². The van der Waals surface area contributed by atoms with E-state index in [-0.39, 0.29) is 24.0 Å². The molecule has 5 rings (SSSR count). The number of carbonyl (C=O) groups excluding carboxylic acids is 1. The van der Waals surface area contributed by atoms with Gasteiger partial charge in [0.2, 0.25) is 0 Å². The number of benzene rings is 2. The van der Waals surface area contributed by atoms with Crippen molar-refractivity contribution in [1.82, 2.24) is 5.32 Å². The summed E-state index contributed by atoms with van der Waals surface area (Å²) in [6, 6.07) is 12.2. The Balaban J connectivity index is 1.54. The van der Waals surface area contributed by atoms with E-state index >= 15 is 0 Å². The molecule has 0 aromatic heterocycles. The summed E-state index contributed by atoms with van der Waals surface area (Å²) < 4.78 is 11.5. The van der Waals surface area contributed by atoms with Gasteiger partial charge < -0.3 is 19.9 Å². The molecule has 0 bridgehead atoms. The summed E-state index contributed by atoms with van der Waals surface area (Å²) in [5, 5.41) is 13.4. The predicted octanol–water partition coefficient (Wildman–Crippen LogP) is 3.83. The molecule has 2 saturated carbocycles. The van der Waals surface area contributed by atoms with Gasteiger partial charge in [-0.2, -0.15) is 0 Å². The van der Waals surface area contributed by atoms with Crippen LogP contribution in [0.4, 0.5) is 0 Å². The number of aliphatic hydroxyl groups is 1. The third kappa shape index (κ3) is 3.99. The van der Waals surface area contributed by atoms with Crippen molar-refractivity contribution in [2.24, 2.45) is 4.99 Å². The van der Waals surface area contributed by atoms with Crippen molar-refractivity contribution in [1.29, 1.82) is 0 Å². The zero-order valence-corrected chi connectivity index (χ0v) is 18.6. The zero-order chi connectivity index (χ0) is 22.2. The van der Waals surface area contributed by atoms with Crippen LogP contribution in [0.2, 0.25) is 0 Å². The lowest BCUT2D eigenvalue weighted by atomic mass is 9.74. The van der Waals surface area contributed by atoms with Crippen molar-refractivity contribution in [3.8, 4) is 11.5 Å². The number of fused-ring (bicyclic) bond motifs is 3. The molecule has 3 aliphatic rings. The highest BCUT2D eigenvalue weighted by Gasteiger charge is 2.37. The van der Waals surface area contributed by atoms with E-state index in [2.05, 4.69) is 11.4 Å². The number of nitrogens with one attached hydrogen (secondary N) is 1. The lowest BCUT2D eigenvalue weighted by molar-refractivity contribution is 0.0951. The van der Waals surface area contributed by atoms with Crippen LogP contribution < -0.4 is 14.8 Å². The maximum Gasteiger partial charge on any atom is 0.251 e. The van der Waals surface area contributed by atoms with Crippen LogP contribution in [0.5, 0.6) is 11.5 Å². The number of carbonyl (C=O) groups is 1. The molecule has 2 aliphatic carbocycles. The molecule has 2 aromatic rings. The lowest BCUT2D eigenvalue weighted by Gasteiger charge is -2.37. The van der Waals surface area contributed by atoms with Crippen molar-refractivity contribution in [3.05, 3.63) is 58.7 Å². The van der Waals surface area contributed by atoms with Gasteiger partial charge in [-0.25, -0.2) is 0 Å². The van der Waals surface area contributed by atoms with Crippen molar-refractivity contribution in [3.63, 3.8) is 0 Å². The third-order valence-corrected chi connectivity index (χ3v) is 6.70. The van der Waals surface area contributed by atoms with Crippen LogP contribution >= 0.6 is 0 Å². The number of aliphatic hydroxyl groups excluding tert-OH is 1. The molecule has 168 valence electrons. The Morgan fingerprint density at radius 1 is 1.12 bits per heavy atom. The number of rotatable bonds is 6. The molecule has 32 heavy (non-hydrogen) atoms. The minimum absolute atomic E-state index is 0.0191. The van der Waals surface area contributed by atoms with Crippen LogP contribution in [0.15, 0.2) is 41.4 Å². The summed E-state index contributed by atoms with van der Waals surface area (Å²) in [4.78, 5) is 17.5. The van der Waals surface area contributed by atoms with Crippen molar-refractivity contribution >= 4 is 11.6 Å². The number of hydrogen-bond acceptors (Lipinski definition) is 5. The topological polar surface area (TPSA) is 80.2 Å². The second-order valence-electron chi connectivity index (χ2n) is 8.97. The van der Waals surface area contributed by atoms with Gasteiger partial charge in [-0.05, 0) is 68.9 Å². The third-order valence-electron chi connectivity index (χ3n) is 6.70. The fourth-order valence-electron chi connectivity index (χ4n) is 4.88. The number of aliphatic imine (C=N–C) groups is 1. The zero-order valence-electron chi connectivity index (χ0n) is 18.6. The summed E-state index contributed by atoms with van der Waals surface area (Å²) in [5.74, 6) is 1.54. The highest BCUT2D eigenvalue weighted by atomic mass is 16.5. The first-order chi connectivity index (χ1) is 15.6. The van der Waals surface area contributed by atoms with Crippen LogP contribution in [-0.2, 0) is 0 Å². The summed E-state index contributed by atoms with van der Waals surface area (Å²) in [5.41, 5.74) is 4.72. The molecule has 3 atom stereocenters. The first kappa shape index (κ1) is 21.0. The van der Waals surface area contributed by atoms with E-state index in [0.717, 1.165) is 53.8 Å². The highest BCUT2D eigenvalue weighted by Crippen LogP contribution is 2.45. The highest BCUT2D eigenvalue weighted by molar-refractivity contribution is 6.15. The molecule has 2 fully saturated rings. The summed E-state index contributed by atoms with van der Waals surface area (Å²) in [7, 11) is 1.64. The number of amides is 1. The minimum atomic E-state index is -0.303. The minimum Gasteiger partial charge on any atom is -0.493 e. The van der Waals surface area contributed by atoms with Gasteiger partial charge in [-0.3, -0.25) is 9.79 Å². The van der Waals surface area contributed by atoms with Gasteiger partial charge in [0.1, 0.15) is 0 Å². The number of ether oxygens (including phenoxy) is 2. The van der Waals surface area contributed by atoms with Crippen LogP contribution in [0.1, 0.15) is 72.0 Å². The first-order valence-electron chi connectivity index (χ1n) is 11.6. The number of hydrogen-bond donors (Lipinski definition) is 2. The Kier molecular flexibility index (Phi) is 5.64. The maximum absolute atomic E-state index is 12.4. The Hall–Kier alpha value is -2.86. The van der Waals surface area contributed by atoms with E-state index in [0.29, 0.717) is 30.4 Å². The summed E-state index contributed by atoms with van der Waals surface area (Å²) in [6.45, 7) is 2.51. The Morgan fingerprint density at radius 3 is 2.59 bits per heavy atom. The van der Waals surface area contributed by atoms with Crippen molar-refractivity contribution < 1.29 is 19.4 Å². The predicted molar refractivity (Wildman–Crippen MR) is 123 cm³/mol. The molecule has 2 aromatic carbocycles. The van der Waals surface area contributed by atoms with Crippen molar-refractivity contribution in [2.75, 3.05) is 13.7 Å². The standard InChI is InChI=1S/C26H30N2O4/c1-3-32-24-13-19-20-12-18(29)10-11-22(20)28-25(21(19)14-23(24)31-2)15-4-6-16(7-5-15)26(30)27-17-8-9-17/h4-7,13-14,17-18,20,22,29H,3,8-12H2,1-2H3,(H,27,30)/t18-,20-,22-/m1/s1. The van der Waals surface area contributed by atoms with Gasteiger partial charge in [0.25, 0.3) is 5.91 Å². The molecule has 1 heterocycles. The average Bonchev–Trinajstić information content (AvgIpc) is 3.62. The summed E-state index contributed by atoms with van der Waals surface area (Å²) >= 11 is 0. The lowest BCUT2D eigenvalue weighted by Crippen LogP contribution is -2.34. The fourth-order valence-corrected chi connectivity index (χ4v) is 4.88. The molecule has 0 unspecified atom stereocenters. The Morgan fingerprint density at radius 2 is 1.91 bits per heavy atom. The first-order valence-corrected chi connectivity index (χ1v) is 11.6. The van der Waals surface area contributed by atoms with Crippen LogP contribution in [0, 0.1) is 0 Å². The van der Waals surface area contributed by atoms with Crippen LogP contribution in [-0.4, -0.2) is 48.6 Å². The quantitative estimate of drug-likeness (QED) is 0.724. The Labute approximate surface area is 188 Å². The SMILES string of the molecule is CCOc1cc2c(cc1OC)C(c1ccc(C(=O)NC3CC3)cc1)=N[C@@H]1CC[C@@H](O)C[C@H]21. The average molecular weight is 435 g/mol. The number of methoxy groups -OCH3 is 1. The van der Waals surface area contributed by atoms with E-state index in [9.17, 15) is 9.90 Å². The van der Waals surface area contributed by atoms with E-state index in [1.54, 1.807) is 7.11 Å². The normalized spacial score (nSPS) is 24.1. The largest absolute Gasteiger partial charge is 0.493 e. The molecular formula is C26H30N2O4. The molecule has 1 aliphatic heterocycles. The maximum atomic E-state index is 12.4. The van der Waals surface area contributed by atoms with E-state index in [1.165, 1.54) is 0 Å². The molecule has 1 amide bonds. The molecule has 6 heteroatoms. The van der Waals surface area contributed by atoms with E-state index < -0.39 is 0 Å². The van der Waals surface area contributed by atoms with Gasteiger partial charge in [0.15, 0.2) is 11.5 Å². The van der Waals surface area contributed by atoms with Gasteiger partial charge >= 0.3 is 0 Å². The monoisotopic (exact) mass is 434 g/mol. The van der Waals surface area contributed by atoms with Gasteiger partial charge in [-0.15, -0.1) is 0 Å². The molecule has 0 radical (unpaired) electrons. The van der Waals surface area contributed by atoms with Crippen molar-refractivity contribution in [2.45, 2.75) is 63.1 Å². The van der Waals surface area contributed by atoms with Gasteiger partial charge in [-0.1, -0.05) is 12.1 Å². The van der Waals surface area contributed by atoms with E-state index in [1.807, 2.05) is 37.3 Å². The fraction of sp³-hybridized carbons (Fsp3) is 0.462. The number of nitrogens with zero attached hydrogens (tertiary/aromatic N) is 1. The van der Waals surface area contributed by atoms with Crippen LogP contribution in [0.25, 0.3) is 0 Å². The van der Waals surface area contributed by atoms with E-state index in [4.69, 9.17) is 14.5 Å². The summed E-state index contributed by atoms with van der Waals surface area (Å²) in [6.07, 6.45) is 4.16. The Bertz CT molecular complexity index is 1040.